The SMILES string of the molecule is C=CCNC(=S)NNc1ccc(S(=O)(=O)[O-])cc1.[Na+]. The summed E-state index contributed by atoms with van der Waals surface area (Å²) in [4.78, 5) is -0.277. The molecule has 1 rings (SSSR count). The van der Waals surface area contributed by atoms with Gasteiger partial charge in [0.05, 0.1) is 10.6 Å². The van der Waals surface area contributed by atoms with E-state index >= 15 is 0 Å². The Hall–Kier alpha value is -0.640. The minimum atomic E-state index is -4.41. The van der Waals surface area contributed by atoms with E-state index in [1.165, 1.54) is 24.3 Å². The van der Waals surface area contributed by atoms with Crippen molar-refractivity contribution in [3.05, 3.63) is 36.9 Å². The van der Waals surface area contributed by atoms with Crippen LogP contribution in [0.3, 0.4) is 0 Å². The van der Waals surface area contributed by atoms with E-state index < -0.39 is 10.1 Å². The molecule has 0 fully saturated rings. The molecule has 0 bridgehead atoms. The Bertz CT molecular complexity index is 531. The van der Waals surface area contributed by atoms with Crippen molar-refractivity contribution in [3.8, 4) is 0 Å². The van der Waals surface area contributed by atoms with Gasteiger partial charge in [0, 0.05) is 6.54 Å². The maximum atomic E-state index is 10.7. The Labute approximate surface area is 139 Å². The van der Waals surface area contributed by atoms with E-state index in [0.29, 0.717) is 17.3 Å². The fourth-order valence-electron chi connectivity index (χ4n) is 1.04. The molecular weight excluding hydrogens is 297 g/mol. The van der Waals surface area contributed by atoms with Crippen molar-refractivity contribution in [3.63, 3.8) is 0 Å². The predicted molar refractivity (Wildman–Crippen MR) is 72.0 cm³/mol. The molecule has 0 atom stereocenters. The first kappa shape index (κ1) is 18.4. The van der Waals surface area contributed by atoms with Gasteiger partial charge in [0.25, 0.3) is 0 Å². The predicted octanol–water partition coefficient (Wildman–Crippen LogP) is -2.43. The minimum absolute atomic E-state index is 0. The van der Waals surface area contributed by atoms with Gasteiger partial charge in [-0.1, -0.05) is 6.08 Å². The zero-order chi connectivity index (χ0) is 13.6. The van der Waals surface area contributed by atoms with Gasteiger partial charge in [-0.05, 0) is 36.5 Å². The number of thiocarbonyl (C=S) groups is 1. The topological polar surface area (TPSA) is 93.3 Å². The Morgan fingerprint density at radius 1 is 1.37 bits per heavy atom. The van der Waals surface area contributed by atoms with Crippen LogP contribution in [0.5, 0.6) is 0 Å². The van der Waals surface area contributed by atoms with Crippen LogP contribution in [0.2, 0.25) is 0 Å². The van der Waals surface area contributed by atoms with Crippen LogP contribution in [0.15, 0.2) is 41.8 Å². The molecule has 0 unspecified atom stereocenters. The van der Waals surface area contributed by atoms with Crippen LogP contribution < -0.4 is 45.7 Å². The molecule has 0 aliphatic heterocycles. The molecule has 0 spiro atoms. The Morgan fingerprint density at radius 3 is 2.42 bits per heavy atom. The molecule has 98 valence electrons. The van der Waals surface area contributed by atoms with Crippen LogP contribution in [0, 0.1) is 0 Å². The van der Waals surface area contributed by atoms with Crippen LogP contribution in [0.1, 0.15) is 0 Å². The molecule has 0 amide bonds. The van der Waals surface area contributed by atoms with Crippen LogP contribution in [-0.4, -0.2) is 24.6 Å². The molecule has 0 saturated carbocycles. The van der Waals surface area contributed by atoms with E-state index in [1.54, 1.807) is 6.08 Å². The first-order valence-corrected chi connectivity index (χ1v) is 6.72. The van der Waals surface area contributed by atoms with Crippen molar-refractivity contribution in [2.75, 3.05) is 12.0 Å². The van der Waals surface area contributed by atoms with Crippen molar-refractivity contribution in [2.45, 2.75) is 4.90 Å². The van der Waals surface area contributed by atoms with Crippen LogP contribution in [-0.2, 0) is 10.1 Å². The first-order chi connectivity index (χ1) is 8.43. The number of rotatable bonds is 5. The van der Waals surface area contributed by atoms with Gasteiger partial charge < -0.3 is 9.87 Å². The molecule has 0 aliphatic carbocycles. The third-order valence-electron chi connectivity index (χ3n) is 1.87. The maximum Gasteiger partial charge on any atom is 1.00 e. The van der Waals surface area contributed by atoms with Crippen LogP contribution in [0.4, 0.5) is 5.69 Å². The summed E-state index contributed by atoms with van der Waals surface area (Å²) in [6.07, 6.45) is 1.65. The standard InChI is InChI=1S/C10H13N3O3S2.Na/c1-2-7-11-10(17)13-12-8-3-5-9(6-4-8)18(14,15)16;/h2-6,12H,1,7H2,(H2,11,13,17)(H,14,15,16);/q;+1/p-1. The summed E-state index contributed by atoms with van der Waals surface area (Å²) in [5.41, 5.74) is 6.01. The summed E-state index contributed by atoms with van der Waals surface area (Å²) in [6.45, 7) is 4.06. The average molecular weight is 309 g/mol. The second-order valence-corrected chi connectivity index (χ2v) is 5.02. The van der Waals surface area contributed by atoms with Crippen LogP contribution in [0.25, 0.3) is 0 Å². The van der Waals surface area contributed by atoms with Crippen molar-refractivity contribution in [1.29, 1.82) is 0 Å². The molecule has 3 N–H and O–H groups in total. The van der Waals surface area contributed by atoms with Crippen molar-refractivity contribution in [1.82, 2.24) is 10.7 Å². The van der Waals surface area contributed by atoms with Crippen molar-refractivity contribution >= 4 is 33.1 Å². The van der Waals surface area contributed by atoms with E-state index in [0.717, 1.165) is 0 Å². The van der Waals surface area contributed by atoms with Crippen LogP contribution >= 0.6 is 12.2 Å². The van der Waals surface area contributed by atoms with Crippen molar-refractivity contribution < 1.29 is 42.5 Å². The number of benzene rings is 1. The Balaban J connectivity index is 0.00000324. The zero-order valence-corrected chi connectivity index (χ0v) is 14.0. The number of hydrogen-bond acceptors (Lipinski definition) is 5. The van der Waals surface area contributed by atoms with Gasteiger partial charge >= 0.3 is 29.6 Å². The van der Waals surface area contributed by atoms with Gasteiger partial charge in [-0.2, -0.15) is 0 Å². The quantitative estimate of drug-likeness (QED) is 0.183. The summed E-state index contributed by atoms with van der Waals surface area (Å²) < 4.78 is 32.1. The van der Waals surface area contributed by atoms with Crippen molar-refractivity contribution in [2.24, 2.45) is 0 Å². The number of hydrazine groups is 1. The van der Waals surface area contributed by atoms with E-state index in [2.05, 4.69) is 22.7 Å². The fourth-order valence-corrected chi connectivity index (χ4v) is 1.65. The molecule has 0 aliphatic rings. The second-order valence-electron chi connectivity index (χ2n) is 3.23. The molecule has 0 radical (unpaired) electrons. The van der Waals surface area contributed by atoms with Gasteiger partial charge in [0.1, 0.15) is 10.1 Å². The molecule has 9 heteroatoms. The Morgan fingerprint density at radius 2 is 1.95 bits per heavy atom. The number of nitrogens with one attached hydrogen (secondary N) is 3. The first-order valence-electron chi connectivity index (χ1n) is 4.90. The Kier molecular flexibility index (Phi) is 8.23. The smallest absolute Gasteiger partial charge is 0.744 e. The minimum Gasteiger partial charge on any atom is -0.744 e. The normalized spacial score (nSPS) is 9.95. The molecule has 0 aromatic heterocycles. The zero-order valence-electron chi connectivity index (χ0n) is 10.3. The van der Waals surface area contributed by atoms with Gasteiger partial charge in [0.15, 0.2) is 5.11 Å². The third-order valence-corrected chi connectivity index (χ3v) is 2.97. The summed E-state index contributed by atoms with van der Waals surface area (Å²) in [6, 6.07) is 5.33. The molecular formula is C10H12N3NaO3S2. The molecule has 0 saturated heterocycles. The van der Waals surface area contributed by atoms with E-state index in [-0.39, 0.29) is 34.5 Å². The van der Waals surface area contributed by atoms with Gasteiger partial charge in [-0.15, -0.1) is 6.58 Å². The summed E-state index contributed by atoms with van der Waals surface area (Å²) >= 11 is 4.93. The van der Waals surface area contributed by atoms with E-state index in [4.69, 9.17) is 12.2 Å². The molecule has 6 nitrogen and oxygen atoms in total. The number of anilines is 1. The number of hydrogen-bond donors (Lipinski definition) is 3. The fraction of sp³-hybridized carbons (Fsp3) is 0.100. The monoisotopic (exact) mass is 309 g/mol. The third kappa shape index (κ3) is 6.90. The largest absolute Gasteiger partial charge is 1.00 e. The van der Waals surface area contributed by atoms with Gasteiger partial charge in [0.2, 0.25) is 0 Å². The average Bonchev–Trinajstić information content (AvgIpc) is 2.33. The molecule has 19 heavy (non-hydrogen) atoms. The maximum absolute atomic E-state index is 10.7. The van der Waals surface area contributed by atoms with E-state index in [9.17, 15) is 13.0 Å². The summed E-state index contributed by atoms with van der Waals surface area (Å²) in [7, 11) is -4.41. The van der Waals surface area contributed by atoms with Gasteiger partial charge in [-0.25, -0.2) is 8.42 Å². The molecule has 1 aromatic rings. The second kappa shape index (κ2) is 8.51. The molecule has 1 aromatic carbocycles. The summed E-state index contributed by atoms with van der Waals surface area (Å²) in [5, 5.41) is 3.20. The summed E-state index contributed by atoms with van der Waals surface area (Å²) in [5.74, 6) is 0. The van der Waals surface area contributed by atoms with Gasteiger partial charge in [-0.3, -0.25) is 10.9 Å². The van der Waals surface area contributed by atoms with E-state index in [1.807, 2.05) is 0 Å². The molecule has 0 heterocycles.